The van der Waals surface area contributed by atoms with Crippen molar-refractivity contribution in [3.05, 3.63) is 35.4 Å². The van der Waals surface area contributed by atoms with Crippen molar-refractivity contribution in [1.82, 2.24) is 15.1 Å². The fourth-order valence-corrected chi connectivity index (χ4v) is 3.30. The first-order valence-corrected chi connectivity index (χ1v) is 8.06. The van der Waals surface area contributed by atoms with Gasteiger partial charge in [-0.15, -0.1) is 0 Å². The number of likely N-dealkylation sites (tertiary alicyclic amines) is 1. The molecule has 2 saturated heterocycles. The normalized spacial score (nSPS) is 23.5. The van der Waals surface area contributed by atoms with E-state index in [9.17, 15) is 4.79 Å². The molecule has 0 radical (unpaired) electrons. The van der Waals surface area contributed by atoms with Crippen molar-refractivity contribution < 1.29 is 4.79 Å². The van der Waals surface area contributed by atoms with Crippen LogP contribution in [0.15, 0.2) is 24.3 Å². The third kappa shape index (κ3) is 3.63. The predicted octanol–water partition coefficient (Wildman–Crippen LogP) is 1.72. The number of carbonyl (C=O) groups is 1. The van der Waals surface area contributed by atoms with Crippen LogP contribution in [-0.4, -0.2) is 54.5 Å². The standard InChI is InChI=1S/C17H25N3O/c1-14-12-20(10-7-18-14)17(21)16-6-4-5-15(11-16)13-19-8-2-3-9-19/h4-6,11,14,18H,2-3,7-10,12-13H2,1H3. The van der Waals surface area contributed by atoms with Crippen molar-refractivity contribution in [2.75, 3.05) is 32.7 Å². The van der Waals surface area contributed by atoms with E-state index in [1.807, 2.05) is 17.0 Å². The molecule has 2 aliphatic rings. The van der Waals surface area contributed by atoms with Gasteiger partial charge in [-0.3, -0.25) is 9.69 Å². The molecule has 21 heavy (non-hydrogen) atoms. The molecular formula is C17H25N3O. The summed E-state index contributed by atoms with van der Waals surface area (Å²) in [5.74, 6) is 0.173. The first-order valence-electron chi connectivity index (χ1n) is 8.06. The fourth-order valence-electron chi connectivity index (χ4n) is 3.30. The first kappa shape index (κ1) is 14.5. The maximum absolute atomic E-state index is 12.6. The smallest absolute Gasteiger partial charge is 0.253 e. The summed E-state index contributed by atoms with van der Waals surface area (Å²) >= 11 is 0. The van der Waals surface area contributed by atoms with Crippen LogP contribution < -0.4 is 5.32 Å². The average Bonchev–Trinajstić information content (AvgIpc) is 3.00. The molecule has 0 saturated carbocycles. The van der Waals surface area contributed by atoms with Gasteiger partial charge in [0.2, 0.25) is 0 Å². The van der Waals surface area contributed by atoms with Gasteiger partial charge in [0.05, 0.1) is 0 Å². The summed E-state index contributed by atoms with van der Waals surface area (Å²) in [6.45, 7) is 7.97. The number of nitrogens with one attached hydrogen (secondary N) is 1. The lowest BCUT2D eigenvalue weighted by Gasteiger charge is -2.32. The van der Waals surface area contributed by atoms with Crippen LogP contribution >= 0.6 is 0 Å². The van der Waals surface area contributed by atoms with Crippen molar-refractivity contribution in [2.24, 2.45) is 0 Å². The van der Waals surface area contributed by atoms with Crippen molar-refractivity contribution in [3.8, 4) is 0 Å². The summed E-state index contributed by atoms with van der Waals surface area (Å²) in [5, 5.41) is 3.38. The number of hydrogen-bond donors (Lipinski definition) is 1. The lowest BCUT2D eigenvalue weighted by atomic mass is 10.1. The number of benzene rings is 1. The van der Waals surface area contributed by atoms with E-state index in [0.717, 1.165) is 31.7 Å². The summed E-state index contributed by atoms with van der Waals surface area (Å²) < 4.78 is 0. The second-order valence-electron chi connectivity index (χ2n) is 6.29. The fraction of sp³-hybridized carbons (Fsp3) is 0.588. The molecule has 0 aliphatic carbocycles. The number of piperazine rings is 1. The van der Waals surface area contributed by atoms with Crippen LogP contribution in [0.2, 0.25) is 0 Å². The van der Waals surface area contributed by atoms with Gasteiger partial charge in [-0.05, 0) is 50.6 Å². The highest BCUT2D eigenvalue weighted by Gasteiger charge is 2.22. The van der Waals surface area contributed by atoms with Gasteiger partial charge >= 0.3 is 0 Å². The summed E-state index contributed by atoms with van der Waals surface area (Å²) in [4.78, 5) is 17.1. The van der Waals surface area contributed by atoms with Gasteiger partial charge in [-0.2, -0.15) is 0 Å². The Morgan fingerprint density at radius 3 is 2.86 bits per heavy atom. The van der Waals surface area contributed by atoms with Crippen LogP contribution in [0.3, 0.4) is 0 Å². The third-order valence-corrected chi connectivity index (χ3v) is 4.43. The molecule has 4 nitrogen and oxygen atoms in total. The van der Waals surface area contributed by atoms with E-state index in [1.165, 1.54) is 31.5 Å². The van der Waals surface area contributed by atoms with E-state index in [-0.39, 0.29) is 5.91 Å². The summed E-state index contributed by atoms with van der Waals surface area (Å²) in [6, 6.07) is 8.56. The van der Waals surface area contributed by atoms with Gasteiger partial charge in [0.1, 0.15) is 0 Å². The van der Waals surface area contributed by atoms with Crippen molar-refractivity contribution in [2.45, 2.75) is 32.4 Å². The Morgan fingerprint density at radius 1 is 1.29 bits per heavy atom. The predicted molar refractivity (Wildman–Crippen MR) is 84.3 cm³/mol. The lowest BCUT2D eigenvalue weighted by molar-refractivity contribution is 0.0709. The van der Waals surface area contributed by atoms with Gasteiger partial charge in [0.25, 0.3) is 5.91 Å². The largest absolute Gasteiger partial charge is 0.336 e. The Bertz CT molecular complexity index is 497. The summed E-state index contributed by atoms with van der Waals surface area (Å²) in [6.07, 6.45) is 2.61. The highest BCUT2D eigenvalue weighted by Crippen LogP contribution is 2.15. The van der Waals surface area contributed by atoms with Crippen molar-refractivity contribution >= 4 is 5.91 Å². The molecule has 0 bridgehead atoms. The van der Waals surface area contributed by atoms with E-state index >= 15 is 0 Å². The molecule has 3 rings (SSSR count). The second kappa shape index (κ2) is 6.58. The maximum atomic E-state index is 12.6. The number of amides is 1. The Kier molecular flexibility index (Phi) is 4.56. The van der Waals surface area contributed by atoms with Gasteiger partial charge in [0.15, 0.2) is 0 Å². The molecule has 1 atom stereocenters. The topological polar surface area (TPSA) is 35.6 Å². The number of nitrogens with zero attached hydrogens (tertiary/aromatic N) is 2. The quantitative estimate of drug-likeness (QED) is 0.919. The zero-order chi connectivity index (χ0) is 14.7. The molecule has 1 aromatic carbocycles. The molecule has 1 N–H and O–H groups in total. The van der Waals surface area contributed by atoms with Crippen LogP contribution in [0.4, 0.5) is 0 Å². The third-order valence-electron chi connectivity index (χ3n) is 4.43. The molecule has 0 spiro atoms. The number of hydrogen-bond acceptors (Lipinski definition) is 3. The summed E-state index contributed by atoms with van der Waals surface area (Å²) in [5.41, 5.74) is 2.09. The van der Waals surface area contributed by atoms with Crippen LogP contribution in [0.25, 0.3) is 0 Å². The van der Waals surface area contributed by atoms with E-state index in [2.05, 4.69) is 29.3 Å². The minimum absolute atomic E-state index is 0.173. The molecule has 4 heteroatoms. The zero-order valence-electron chi connectivity index (χ0n) is 12.8. The molecule has 1 aromatic rings. The van der Waals surface area contributed by atoms with Crippen LogP contribution in [0.1, 0.15) is 35.7 Å². The molecule has 2 aliphatic heterocycles. The van der Waals surface area contributed by atoms with E-state index in [4.69, 9.17) is 0 Å². The Hall–Kier alpha value is -1.39. The highest BCUT2D eigenvalue weighted by molar-refractivity contribution is 5.94. The van der Waals surface area contributed by atoms with Gasteiger partial charge in [-0.25, -0.2) is 0 Å². The zero-order valence-corrected chi connectivity index (χ0v) is 12.8. The van der Waals surface area contributed by atoms with Gasteiger partial charge in [-0.1, -0.05) is 12.1 Å². The minimum atomic E-state index is 0.173. The highest BCUT2D eigenvalue weighted by atomic mass is 16.2. The van der Waals surface area contributed by atoms with E-state index in [1.54, 1.807) is 0 Å². The SMILES string of the molecule is CC1CN(C(=O)c2cccc(CN3CCCC3)c2)CCN1. The number of rotatable bonds is 3. The van der Waals surface area contributed by atoms with Crippen LogP contribution in [0.5, 0.6) is 0 Å². The first-order chi connectivity index (χ1) is 10.2. The second-order valence-corrected chi connectivity index (χ2v) is 6.29. The molecule has 114 valence electrons. The molecule has 2 fully saturated rings. The minimum Gasteiger partial charge on any atom is -0.336 e. The molecular weight excluding hydrogens is 262 g/mol. The Morgan fingerprint density at radius 2 is 2.10 bits per heavy atom. The van der Waals surface area contributed by atoms with Gasteiger partial charge < -0.3 is 10.2 Å². The monoisotopic (exact) mass is 287 g/mol. The molecule has 2 heterocycles. The molecule has 1 unspecified atom stereocenters. The molecule has 1 amide bonds. The lowest BCUT2D eigenvalue weighted by Crippen LogP contribution is -2.51. The van der Waals surface area contributed by atoms with E-state index < -0.39 is 0 Å². The Labute approximate surface area is 127 Å². The maximum Gasteiger partial charge on any atom is 0.253 e. The van der Waals surface area contributed by atoms with E-state index in [0.29, 0.717) is 6.04 Å². The number of carbonyl (C=O) groups excluding carboxylic acids is 1. The van der Waals surface area contributed by atoms with Gasteiger partial charge in [0, 0.05) is 37.8 Å². The average molecular weight is 287 g/mol. The van der Waals surface area contributed by atoms with Crippen molar-refractivity contribution in [3.63, 3.8) is 0 Å². The van der Waals surface area contributed by atoms with Crippen LogP contribution in [0, 0.1) is 0 Å². The van der Waals surface area contributed by atoms with Crippen molar-refractivity contribution in [1.29, 1.82) is 0 Å². The Balaban J connectivity index is 1.68. The molecule has 0 aromatic heterocycles. The van der Waals surface area contributed by atoms with Crippen LogP contribution in [-0.2, 0) is 6.54 Å². The summed E-state index contributed by atoms with van der Waals surface area (Å²) in [7, 11) is 0.